The van der Waals surface area contributed by atoms with E-state index in [2.05, 4.69) is 11.8 Å². The van der Waals surface area contributed by atoms with E-state index in [1.807, 2.05) is 0 Å². The first-order valence-corrected chi connectivity index (χ1v) is 6.06. The van der Waals surface area contributed by atoms with Gasteiger partial charge in [0.25, 0.3) is 0 Å². The quantitative estimate of drug-likeness (QED) is 0.524. The molecule has 1 fully saturated rings. The lowest BCUT2D eigenvalue weighted by Gasteiger charge is -2.38. The normalized spacial score (nSPS) is 17.6. The Morgan fingerprint density at radius 3 is 2.31 bits per heavy atom. The number of likely N-dealkylation sites (N-methyl/N-ethyl adjacent to an activating group) is 1. The molecule has 0 amide bonds. The number of nitrogens with zero attached hydrogens (tertiary/aromatic N) is 1. The van der Waals surface area contributed by atoms with Gasteiger partial charge in [-0.25, -0.2) is 0 Å². The van der Waals surface area contributed by atoms with E-state index >= 15 is 0 Å². The Bertz CT molecular complexity index is 163. The fourth-order valence-corrected chi connectivity index (χ4v) is 1.57. The van der Waals surface area contributed by atoms with Gasteiger partial charge in [-0.3, -0.25) is 4.90 Å². The van der Waals surface area contributed by atoms with Crippen molar-refractivity contribution >= 4 is 0 Å². The number of hydrogen-bond donors (Lipinski definition) is 1. The van der Waals surface area contributed by atoms with Crippen LogP contribution in [0, 0.1) is 0 Å². The van der Waals surface area contributed by atoms with Crippen LogP contribution >= 0.6 is 0 Å². The van der Waals surface area contributed by atoms with Crippen LogP contribution in [-0.4, -0.2) is 70.2 Å². The van der Waals surface area contributed by atoms with E-state index in [-0.39, 0.29) is 0 Å². The highest BCUT2D eigenvalue weighted by atomic mass is 16.5. The fourth-order valence-electron chi connectivity index (χ4n) is 1.57. The average Bonchev–Trinajstić information content (AvgIpc) is 2.24. The third kappa shape index (κ3) is 5.77. The lowest BCUT2D eigenvalue weighted by molar-refractivity contribution is -0.0719. The lowest BCUT2D eigenvalue weighted by Crippen LogP contribution is -2.52. The van der Waals surface area contributed by atoms with Crippen LogP contribution in [0.3, 0.4) is 0 Å². The van der Waals surface area contributed by atoms with E-state index in [1.165, 1.54) is 0 Å². The highest BCUT2D eigenvalue weighted by Gasteiger charge is 2.25. The monoisotopic (exact) mass is 232 g/mol. The van der Waals surface area contributed by atoms with E-state index in [0.717, 1.165) is 19.6 Å². The summed E-state index contributed by atoms with van der Waals surface area (Å²) in [7, 11) is 0. The van der Waals surface area contributed by atoms with Gasteiger partial charge in [-0.1, -0.05) is 6.92 Å². The Labute approximate surface area is 97.8 Å². The van der Waals surface area contributed by atoms with Crippen LogP contribution < -0.4 is 5.73 Å². The summed E-state index contributed by atoms with van der Waals surface area (Å²) in [4.78, 5) is 2.35. The van der Waals surface area contributed by atoms with Gasteiger partial charge in [0, 0.05) is 19.6 Å². The van der Waals surface area contributed by atoms with Crippen molar-refractivity contribution in [3.63, 3.8) is 0 Å². The van der Waals surface area contributed by atoms with E-state index in [9.17, 15) is 0 Å². The van der Waals surface area contributed by atoms with Crippen molar-refractivity contribution in [2.24, 2.45) is 5.73 Å². The molecule has 1 rings (SSSR count). The van der Waals surface area contributed by atoms with Gasteiger partial charge in [-0.05, 0) is 6.54 Å². The molecule has 0 bridgehead atoms. The van der Waals surface area contributed by atoms with E-state index in [0.29, 0.717) is 45.7 Å². The molecule has 0 saturated carbocycles. The molecule has 1 aliphatic heterocycles. The third-order valence-corrected chi connectivity index (χ3v) is 2.59. The topological polar surface area (TPSA) is 57.0 Å². The van der Waals surface area contributed by atoms with Crippen molar-refractivity contribution in [2.45, 2.75) is 13.0 Å². The molecule has 16 heavy (non-hydrogen) atoms. The number of nitrogens with two attached hydrogens (primary N) is 1. The Balaban J connectivity index is 1.72. The zero-order chi connectivity index (χ0) is 11.6. The van der Waals surface area contributed by atoms with Crippen LogP contribution in [0.2, 0.25) is 0 Å². The molecule has 5 heteroatoms. The van der Waals surface area contributed by atoms with Gasteiger partial charge in [-0.15, -0.1) is 0 Å². The Kier molecular flexibility index (Phi) is 7.71. The van der Waals surface area contributed by atoms with Crippen LogP contribution in [-0.2, 0) is 14.2 Å². The Hall–Kier alpha value is -0.200. The molecule has 2 N–H and O–H groups in total. The molecular formula is C11H24N2O3. The van der Waals surface area contributed by atoms with E-state index < -0.39 is 0 Å². The lowest BCUT2D eigenvalue weighted by atomic mass is 10.2. The average molecular weight is 232 g/mol. The molecule has 5 nitrogen and oxygen atoms in total. The largest absolute Gasteiger partial charge is 0.378 e. The highest BCUT2D eigenvalue weighted by molar-refractivity contribution is 4.79. The second-order valence-corrected chi connectivity index (χ2v) is 3.86. The van der Waals surface area contributed by atoms with Crippen molar-refractivity contribution < 1.29 is 14.2 Å². The van der Waals surface area contributed by atoms with Crippen LogP contribution in [0.15, 0.2) is 0 Å². The molecule has 0 radical (unpaired) electrons. The number of rotatable bonds is 10. The molecule has 0 atom stereocenters. The molecule has 0 spiro atoms. The maximum Gasteiger partial charge on any atom is 0.0829 e. The van der Waals surface area contributed by atoms with Gasteiger partial charge in [0.05, 0.1) is 39.1 Å². The summed E-state index contributed by atoms with van der Waals surface area (Å²) < 4.78 is 16.1. The van der Waals surface area contributed by atoms with Crippen molar-refractivity contribution in [1.82, 2.24) is 4.90 Å². The van der Waals surface area contributed by atoms with Gasteiger partial charge in [0.2, 0.25) is 0 Å². The van der Waals surface area contributed by atoms with Gasteiger partial charge >= 0.3 is 0 Å². The predicted octanol–water partition coefficient (Wildman–Crippen LogP) is -0.301. The zero-order valence-electron chi connectivity index (χ0n) is 10.2. The molecule has 0 aromatic heterocycles. The van der Waals surface area contributed by atoms with Crippen molar-refractivity contribution in [2.75, 3.05) is 59.2 Å². The fraction of sp³-hybridized carbons (Fsp3) is 1.00. The Morgan fingerprint density at radius 2 is 1.69 bits per heavy atom. The molecule has 0 aromatic rings. The molecule has 0 aromatic carbocycles. The zero-order valence-corrected chi connectivity index (χ0v) is 10.2. The van der Waals surface area contributed by atoms with Crippen LogP contribution in [0.5, 0.6) is 0 Å². The second-order valence-electron chi connectivity index (χ2n) is 3.86. The second kappa shape index (κ2) is 8.90. The first-order chi connectivity index (χ1) is 7.86. The highest BCUT2D eigenvalue weighted by Crippen LogP contribution is 2.09. The molecular weight excluding hydrogens is 208 g/mol. The number of ether oxygens (including phenoxy) is 3. The van der Waals surface area contributed by atoms with Crippen molar-refractivity contribution in [3.8, 4) is 0 Å². The van der Waals surface area contributed by atoms with E-state index in [4.69, 9.17) is 19.9 Å². The molecule has 1 heterocycles. The minimum atomic E-state index is 0.414. The van der Waals surface area contributed by atoms with Crippen molar-refractivity contribution in [3.05, 3.63) is 0 Å². The SMILES string of the molecule is CCN1CC(OCCOCCOCCN)C1. The third-order valence-electron chi connectivity index (χ3n) is 2.59. The number of likely N-dealkylation sites (tertiary alicyclic amines) is 1. The Morgan fingerprint density at radius 1 is 1.06 bits per heavy atom. The van der Waals surface area contributed by atoms with Gasteiger partial charge < -0.3 is 19.9 Å². The summed E-state index contributed by atoms with van der Waals surface area (Å²) in [6.45, 7) is 9.16. The van der Waals surface area contributed by atoms with Crippen LogP contribution in [0.1, 0.15) is 6.92 Å². The minimum absolute atomic E-state index is 0.414. The summed E-state index contributed by atoms with van der Waals surface area (Å²) in [6, 6.07) is 0. The number of hydrogen-bond acceptors (Lipinski definition) is 5. The summed E-state index contributed by atoms with van der Waals surface area (Å²) >= 11 is 0. The smallest absolute Gasteiger partial charge is 0.0829 e. The van der Waals surface area contributed by atoms with Gasteiger partial charge in [0.15, 0.2) is 0 Å². The molecule has 0 aliphatic carbocycles. The molecule has 0 unspecified atom stereocenters. The standard InChI is InChI=1S/C11H24N2O3/c1-2-13-9-11(10-13)16-8-7-15-6-5-14-4-3-12/h11H,2-10,12H2,1H3. The summed E-state index contributed by atoms with van der Waals surface area (Å²) in [6.07, 6.45) is 0.414. The summed E-state index contributed by atoms with van der Waals surface area (Å²) in [5.41, 5.74) is 5.28. The first-order valence-electron chi connectivity index (χ1n) is 6.06. The van der Waals surface area contributed by atoms with Crippen LogP contribution in [0.4, 0.5) is 0 Å². The van der Waals surface area contributed by atoms with Crippen LogP contribution in [0.25, 0.3) is 0 Å². The maximum absolute atomic E-state index is 5.61. The summed E-state index contributed by atoms with van der Waals surface area (Å²) in [5, 5.41) is 0. The van der Waals surface area contributed by atoms with Crippen molar-refractivity contribution in [1.29, 1.82) is 0 Å². The molecule has 1 aliphatic rings. The molecule has 1 saturated heterocycles. The van der Waals surface area contributed by atoms with Gasteiger partial charge in [-0.2, -0.15) is 0 Å². The summed E-state index contributed by atoms with van der Waals surface area (Å²) in [5.74, 6) is 0. The first kappa shape index (κ1) is 13.9. The minimum Gasteiger partial charge on any atom is -0.378 e. The maximum atomic E-state index is 5.61. The molecule has 96 valence electrons. The van der Waals surface area contributed by atoms with Gasteiger partial charge in [0.1, 0.15) is 0 Å². The van der Waals surface area contributed by atoms with E-state index in [1.54, 1.807) is 0 Å². The predicted molar refractivity (Wildman–Crippen MR) is 62.5 cm³/mol.